The van der Waals surface area contributed by atoms with Crippen molar-refractivity contribution in [1.82, 2.24) is 14.8 Å². The lowest BCUT2D eigenvalue weighted by Gasteiger charge is -2.32. The highest BCUT2D eigenvalue weighted by molar-refractivity contribution is 6.32. The summed E-state index contributed by atoms with van der Waals surface area (Å²) >= 11 is 6.28. The second kappa shape index (κ2) is 10.3. The molecule has 8 heteroatoms. The molecule has 0 atom stereocenters. The summed E-state index contributed by atoms with van der Waals surface area (Å²) in [5, 5.41) is 1.25. The molecule has 0 aliphatic carbocycles. The topological polar surface area (TPSA) is 73.1 Å². The molecule has 0 unspecified atom stereocenters. The first-order chi connectivity index (χ1) is 15.5. The maximum Gasteiger partial charge on any atom is 0.163 e. The highest BCUT2D eigenvalue weighted by Gasteiger charge is 2.15. The van der Waals surface area contributed by atoms with Crippen molar-refractivity contribution < 1.29 is 14.2 Å². The molecule has 170 valence electrons. The van der Waals surface area contributed by atoms with Crippen LogP contribution in [-0.4, -0.2) is 68.3 Å². The molecule has 7 nitrogen and oxygen atoms in total. The summed E-state index contributed by atoms with van der Waals surface area (Å²) in [5.41, 5.74) is 7.11. The van der Waals surface area contributed by atoms with E-state index in [1.807, 2.05) is 12.1 Å². The molecular weight excluding hydrogens is 428 g/mol. The summed E-state index contributed by atoms with van der Waals surface area (Å²) in [6, 6.07) is 10.7. The lowest BCUT2D eigenvalue weighted by atomic mass is 10.1. The first-order valence-corrected chi connectivity index (χ1v) is 11.1. The Morgan fingerprint density at radius 2 is 1.81 bits per heavy atom. The highest BCUT2D eigenvalue weighted by Crippen LogP contribution is 2.38. The number of anilines is 1. The number of benzene rings is 2. The van der Waals surface area contributed by atoms with Gasteiger partial charge in [-0.05, 0) is 43.8 Å². The van der Waals surface area contributed by atoms with Crippen LogP contribution in [0.15, 0.2) is 42.6 Å². The molecule has 2 N–H and O–H groups in total. The van der Waals surface area contributed by atoms with Gasteiger partial charge in [-0.15, -0.1) is 0 Å². The van der Waals surface area contributed by atoms with Crippen LogP contribution in [0.4, 0.5) is 5.69 Å². The number of fused-ring (bicyclic) bond motifs is 1. The molecule has 1 aromatic heterocycles. The van der Waals surface area contributed by atoms with E-state index in [9.17, 15) is 0 Å². The SMILES string of the molecule is COc1cc2c(Oc3ccc(N)cc3Cl)ccnc2cc1OCCCN1CCN(C)CC1. The maximum atomic E-state index is 6.28. The van der Waals surface area contributed by atoms with E-state index in [2.05, 4.69) is 21.8 Å². The van der Waals surface area contributed by atoms with Gasteiger partial charge in [0.05, 0.1) is 24.3 Å². The van der Waals surface area contributed by atoms with Crippen molar-refractivity contribution in [1.29, 1.82) is 0 Å². The fraction of sp³-hybridized carbons (Fsp3) is 0.375. The Hall–Kier alpha value is -2.74. The Kier molecular flexibility index (Phi) is 7.19. The number of halogens is 1. The second-order valence-electron chi connectivity index (χ2n) is 7.97. The molecule has 0 radical (unpaired) electrons. The Morgan fingerprint density at radius 3 is 2.56 bits per heavy atom. The third kappa shape index (κ3) is 5.35. The molecular formula is C24H29ClN4O3. The van der Waals surface area contributed by atoms with Gasteiger partial charge in [-0.3, -0.25) is 4.98 Å². The molecule has 1 aliphatic rings. The summed E-state index contributed by atoms with van der Waals surface area (Å²) < 4.78 is 17.7. The van der Waals surface area contributed by atoms with E-state index in [-0.39, 0.29) is 0 Å². The molecule has 32 heavy (non-hydrogen) atoms. The Morgan fingerprint density at radius 1 is 1.00 bits per heavy atom. The van der Waals surface area contributed by atoms with Crippen LogP contribution < -0.4 is 19.9 Å². The summed E-state index contributed by atoms with van der Waals surface area (Å²) in [4.78, 5) is 9.32. The number of aromatic nitrogens is 1. The molecule has 2 heterocycles. The molecule has 1 saturated heterocycles. The van der Waals surface area contributed by atoms with Gasteiger partial charge in [0.2, 0.25) is 0 Å². The number of nitrogen functional groups attached to an aromatic ring is 1. The van der Waals surface area contributed by atoms with Gasteiger partial charge in [0, 0.05) is 56.1 Å². The smallest absolute Gasteiger partial charge is 0.163 e. The normalized spacial score (nSPS) is 15.1. The van der Waals surface area contributed by atoms with Crippen molar-refractivity contribution in [3.05, 3.63) is 47.6 Å². The number of methoxy groups -OCH3 is 1. The third-order valence-electron chi connectivity index (χ3n) is 5.63. The van der Waals surface area contributed by atoms with Gasteiger partial charge in [0.1, 0.15) is 11.5 Å². The minimum atomic E-state index is 0.447. The van der Waals surface area contributed by atoms with Crippen molar-refractivity contribution in [3.8, 4) is 23.0 Å². The zero-order valence-corrected chi connectivity index (χ0v) is 19.3. The van der Waals surface area contributed by atoms with Gasteiger partial charge in [-0.1, -0.05) is 11.6 Å². The maximum absolute atomic E-state index is 6.28. The number of nitrogens with two attached hydrogens (primary N) is 1. The first-order valence-electron chi connectivity index (χ1n) is 10.8. The van der Waals surface area contributed by atoms with E-state index in [1.165, 1.54) is 0 Å². The Balaban J connectivity index is 1.46. The van der Waals surface area contributed by atoms with Crippen LogP contribution in [0.1, 0.15) is 6.42 Å². The summed E-state index contributed by atoms with van der Waals surface area (Å²) in [7, 11) is 3.80. The van der Waals surface area contributed by atoms with Crippen molar-refractivity contribution >= 4 is 28.2 Å². The van der Waals surface area contributed by atoms with Gasteiger partial charge in [0.25, 0.3) is 0 Å². The summed E-state index contributed by atoms with van der Waals surface area (Å²) in [6.07, 6.45) is 2.66. The van der Waals surface area contributed by atoms with Crippen molar-refractivity contribution in [3.63, 3.8) is 0 Å². The van der Waals surface area contributed by atoms with E-state index in [0.29, 0.717) is 40.3 Å². The summed E-state index contributed by atoms with van der Waals surface area (Å²) in [5.74, 6) is 2.46. The van der Waals surface area contributed by atoms with Crippen molar-refractivity contribution in [2.75, 3.05) is 59.2 Å². The van der Waals surface area contributed by atoms with Crippen LogP contribution in [-0.2, 0) is 0 Å². The number of hydrogen-bond donors (Lipinski definition) is 1. The van der Waals surface area contributed by atoms with E-state index in [4.69, 9.17) is 31.5 Å². The van der Waals surface area contributed by atoms with Crippen LogP contribution >= 0.6 is 11.6 Å². The standard InChI is InChI=1S/C24H29ClN4O3/c1-28-9-11-29(12-10-28)8-3-13-31-24-16-20-18(15-23(24)30-2)21(6-7-27-20)32-22-5-4-17(26)14-19(22)25/h4-7,14-16H,3,8-13,26H2,1-2H3. The molecule has 0 amide bonds. The predicted molar refractivity (Wildman–Crippen MR) is 128 cm³/mol. The molecule has 0 saturated carbocycles. The summed E-state index contributed by atoms with van der Waals surface area (Å²) in [6.45, 7) is 6.11. The predicted octanol–water partition coefficient (Wildman–Crippen LogP) is 4.29. The number of nitrogens with zero attached hydrogens (tertiary/aromatic N) is 3. The van der Waals surface area contributed by atoms with E-state index in [1.54, 1.807) is 37.6 Å². The largest absolute Gasteiger partial charge is 0.493 e. The van der Waals surface area contributed by atoms with Crippen LogP contribution in [0, 0.1) is 0 Å². The van der Waals surface area contributed by atoms with Crippen molar-refractivity contribution in [2.45, 2.75) is 6.42 Å². The van der Waals surface area contributed by atoms with Crippen molar-refractivity contribution in [2.24, 2.45) is 0 Å². The zero-order valence-electron chi connectivity index (χ0n) is 18.5. The fourth-order valence-corrected chi connectivity index (χ4v) is 3.98. The van der Waals surface area contributed by atoms with Crippen LogP contribution in [0.25, 0.3) is 10.9 Å². The third-order valence-corrected chi connectivity index (χ3v) is 5.93. The number of piperazine rings is 1. The molecule has 1 aliphatic heterocycles. The number of hydrogen-bond acceptors (Lipinski definition) is 7. The highest BCUT2D eigenvalue weighted by atomic mass is 35.5. The average molecular weight is 457 g/mol. The molecule has 0 bridgehead atoms. The lowest BCUT2D eigenvalue weighted by molar-refractivity contribution is 0.145. The van der Waals surface area contributed by atoms with Gasteiger partial charge >= 0.3 is 0 Å². The molecule has 3 aromatic rings. The molecule has 2 aromatic carbocycles. The quantitative estimate of drug-likeness (QED) is 0.400. The minimum absolute atomic E-state index is 0.447. The Labute approximate surface area is 193 Å². The molecule has 0 spiro atoms. The number of ether oxygens (including phenoxy) is 3. The van der Waals surface area contributed by atoms with Crippen LogP contribution in [0.5, 0.6) is 23.0 Å². The number of rotatable bonds is 8. The first kappa shape index (κ1) is 22.5. The van der Waals surface area contributed by atoms with Gasteiger partial charge in [-0.25, -0.2) is 0 Å². The monoisotopic (exact) mass is 456 g/mol. The molecule has 4 rings (SSSR count). The van der Waals surface area contributed by atoms with Crippen LogP contribution in [0.3, 0.4) is 0 Å². The van der Waals surface area contributed by atoms with Gasteiger partial charge in [0.15, 0.2) is 11.5 Å². The van der Waals surface area contributed by atoms with Crippen LogP contribution in [0.2, 0.25) is 5.02 Å². The Bertz CT molecular complexity index is 1070. The lowest BCUT2D eigenvalue weighted by Crippen LogP contribution is -2.44. The minimum Gasteiger partial charge on any atom is -0.493 e. The fourth-order valence-electron chi connectivity index (χ4n) is 3.75. The zero-order chi connectivity index (χ0) is 22.5. The number of pyridine rings is 1. The van der Waals surface area contributed by atoms with E-state index in [0.717, 1.165) is 50.0 Å². The molecule has 1 fully saturated rings. The van der Waals surface area contributed by atoms with E-state index >= 15 is 0 Å². The second-order valence-corrected chi connectivity index (χ2v) is 8.38. The average Bonchev–Trinajstić information content (AvgIpc) is 2.79. The van der Waals surface area contributed by atoms with E-state index < -0.39 is 0 Å². The number of likely N-dealkylation sites (N-methyl/N-ethyl adjacent to an activating group) is 1. The van der Waals surface area contributed by atoms with Gasteiger partial charge < -0.3 is 29.7 Å². The van der Waals surface area contributed by atoms with Gasteiger partial charge in [-0.2, -0.15) is 0 Å².